The van der Waals surface area contributed by atoms with Gasteiger partial charge in [0.1, 0.15) is 0 Å². The fourth-order valence-corrected chi connectivity index (χ4v) is 2.53. The smallest absolute Gasteiger partial charge is 0.0787 e. The van der Waals surface area contributed by atoms with E-state index in [1.54, 1.807) is 0 Å². The van der Waals surface area contributed by atoms with Gasteiger partial charge in [-0.2, -0.15) is 0 Å². The van der Waals surface area contributed by atoms with E-state index in [1.165, 1.54) is 5.69 Å². The van der Waals surface area contributed by atoms with Gasteiger partial charge in [-0.25, -0.2) is 0 Å². The molecule has 3 heteroatoms. The average molecular weight is 249 g/mol. The van der Waals surface area contributed by atoms with Gasteiger partial charge in [0, 0.05) is 19.3 Å². The summed E-state index contributed by atoms with van der Waals surface area (Å²) in [6.07, 6.45) is 2.17. The van der Waals surface area contributed by atoms with Crippen molar-refractivity contribution in [2.45, 2.75) is 38.4 Å². The van der Waals surface area contributed by atoms with Crippen LogP contribution in [0.2, 0.25) is 0 Å². The first-order valence-corrected chi connectivity index (χ1v) is 6.77. The minimum Gasteiger partial charge on any atom is -0.393 e. The predicted octanol–water partition coefficient (Wildman–Crippen LogP) is 2.34. The molecule has 0 heterocycles. The maximum atomic E-state index is 9.74. The molecule has 1 fully saturated rings. The van der Waals surface area contributed by atoms with Gasteiger partial charge >= 0.3 is 0 Å². The van der Waals surface area contributed by atoms with Crippen LogP contribution in [0, 0.1) is 5.92 Å². The van der Waals surface area contributed by atoms with Gasteiger partial charge in [0.25, 0.3) is 0 Å². The number of anilines is 1. The maximum Gasteiger partial charge on any atom is 0.0787 e. The Kier molecular flexibility index (Phi) is 4.25. The van der Waals surface area contributed by atoms with Gasteiger partial charge in [-0.3, -0.25) is 0 Å². The Balaban J connectivity index is 1.92. The molecule has 18 heavy (non-hydrogen) atoms. The minimum atomic E-state index is -0.355. The molecule has 3 nitrogen and oxygen atoms in total. The zero-order valence-corrected chi connectivity index (χ0v) is 11.2. The minimum absolute atomic E-state index is 0.0783. The van der Waals surface area contributed by atoms with E-state index in [4.69, 9.17) is 0 Å². The molecule has 0 aliphatic heterocycles. The highest BCUT2D eigenvalue weighted by Gasteiger charge is 2.27. The Bertz CT molecular complexity index is 371. The lowest BCUT2D eigenvalue weighted by atomic mass is 9.82. The lowest BCUT2D eigenvalue weighted by Gasteiger charge is -2.35. The molecule has 0 unspecified atom stereocenters. The first kappa shape index (κ1) is 13.4. The Morgan fingerprint density at radius 1 is 1.28 bits per heavy atom. The van der Waals surface area contributed by atoms with E-state index in [9.17, 15) is 10.2 Å². The predicted molar refractivity (Wildman–Crippen MR) is 73.7 cm³/mol. The van der Waals surface area contributed by atoms with E-state index < -0.39 is 0 Å². The number of rotatable bonds is 5. The monoisotopic (exact) mass is 249 g/mol. The van der Waals surface area contributed by atoms with E-state index >= 15 is 0 Å². The van der Waals surface area contributed by atoms with Gasteiger partial charge in [-0.1, -0.05) is 19.1 Å². The highest BCUT2D eigenvalue weighted by molar-refractivity contribution is 5.47. The summed E-state index contributed by atoms with van der Waals surface area (Å²) in [5.41, 5.74) is 2.15. The molecule has 2 rings (SSSR count). The molecule has 0 saturated heterocycles. The van der Waals surface area contributed by atoms with Gasteiger partial charge in [0.15, 0.2) is 0 Å². The van der Waals surface area contributed by atoms with Crippen LogP contribution in [0.5, 0.6) is 0 Å². The third-order valence-corrected chi connectivity index (χ3v) is 3.85. The fourth-order valence-electron chi connectivity index (χ4n) is 2.53. The molecule has 0 bridgehead atoms. The molecule has 100 valence electrons. The highest BCUT2D eigenvalue weighted by atomic mass is 16.3. The molecule has 1 aromatic rings. The van der Waals surface area contributed by atoms with Crippen molar-refractivity contribution in [3.05, 3.63) is 29.8 Å². The van der Waals surface area contributed by atoms with Gasteiger partial charge in [0.05, 0.1) is 12.2 Å². The van der Waals surface area contributed by atoms with Crippen molar-refractivity contribution in [3.8, 4) is 0 Å². The Morgan fingerprint density at radius 3 is 2.39 bits per heavy atom. The van der Waals surface area contributed by atoms with Crippen LogP contribution in [-0.2, 0) is 0 Å². The van der Waals surface area contributed by atoms with Crippen molar-refractivity contribution in [1.82, 2.24) is 0 Å². The molecular formula is C15H23NO2. The van der Waals surface area contributed by atoms with Crippen LogP contribution in [0.25, 0.3) is 0 Å². The maximum absolute atomic E-state index is 9.74. The van der Waals surface area contributed by atoms with Crippen molar-refractivity contribution >= 4 is 5.69 Å². The lowest BCUT2D eigenvalue weighted by Crippen LogP contribution is -2.37. The highest BCUT2D eigenvalue weighted by Crippen LogP contribution is 2.29. The molecule has 0 aromatic heterocycles. The molecule has 1 aromatic carbocycles. The number of benzene rings is 1. The second-order valence-corrected chi connectivity index (χ2v) is 5.39. The van der Waals surface area contributed by atoms with E-state index in [2.05, 4.69) is 24.1 Å². The Labute approximate surface area is 109 Å². The van der Waals surface area contributed by atoms with Crippen LogP contribution < -0.4 is 4.90 Å². The second-order valence-electron chi connectivity index (χ2n) is 5.39. The van der Waals surface area contributed by atoms with Crippen molar-refractivity contribution in [2.75, 3.05) is 18.5 Å². The third kappa shape index (κ3) is 3.03. The van der Waals surface area contributed by atoms with E-state index in [0.717, 1.165) is 31.4 Å². The SMILES string of the molecule is CC[C@@H](O)c1ccc(N(C)CC2CC(O)C2)cc1. The van der Waals surface area contributed by atoms with Crippen molar-refractivity contribution < 1.29 is 10.2 Å². The Morgan fingerprint density at radius 2 is 1.89 bits per heavy atom. The fraction of sp³-hybridized carbons (Fsp3) is 0.600. The van der Waals surface area contributed by atoms with Crippen LogP contribution in [-0.4, -0.2) is 29.9 Å². The Hall–Kier alpha value is -1.06. The summed E-state index contributed by atoms with van der Waals surface area (Å²) in [6, 6.07) is 8.11. The largest absolute Gasteiger partial charge is 0.393 e. The molecular weight excluding hydrogens is 226 g/mol. The first-order valence-electron chi connectivity index (χ1n) is 6.77. The first-order chi connectivity index (χ1) is 8.60. The molecule has 1 aliphatic rings. The van der Waals surface area contributed by atoms with Crippen LogP contribution in [0.1, 0.15) is 37.9 Å². The number of hydrogen-bond acceptors (Lipinski definition) is 3. The number of hydrogen-bond donors (Lipinski definition) is 2. The summed E-state index contributed by atoms with van der Waals surface area (Å²) < 4.78 is 0. The number of aliphatic hydroxyl groups excluding tert-OH is 2. The van der Waals surface area contributed by atoms with Crippen LogP contribution >= 0.6 is 0 Å². The van der Waals surface area contributed by atoms with Crippen LogP contribution in [0.15, 0.2) is 24.3 Å². The quantitative estimate of drug-likeness (QED) is 0.842. The van der Waals surface area contributed by atoms with Gasteiger partial charge in [-0.15, -0.1) is 0 Å². The lowest BCUT2D eigenvalue weighted by molar-refractivity contribution is 0.0465. The van der Waals surface area contributed by atoms with Crippen molar-refractivity contribution in [1.29, 1.82) is 0 Å². The van der Waals surface area contributed by atoms with Crippen LogP contribution in [0.4, 0.5) is 5.69 Å². The molecule has 0 amide bonds. The average Bonchev–Trinajstić information content (AvgIpc) is 2.36. The van der Waals surface area contributed by atoms with Gasteiger partial charge in [-0.05, 0) is 42.9 Å². The molecule has 1 atom stereocenters. The van der Waals surface area contributed by atoms with Gasteiger partial charge in [0.2, 0.25) is 0 Å². The number of nitrogens with zero attached hydrogens (tertiary/aromatic N) is 1. The standard InChI is InChI=1S/C15H23NO2/c1-3-15(18)12-4-6-13(7-5-12)16(2)10-11-8-14(17)9-11/h4-7,11,14-15,17-18H,3,8-10H2,1-2H3/t11?,14?,15-/m1/s1. The second kappa shape index (κ2) is 5.72. The zero-order valence-electron chi connectivity index (χ0n) is 11.2. The van der Waals surface area contributed by atoms with Crippen LogP contribution in [0.3, 0.4) is 0 Å². The summed E-state index contributed by atoms with van der Waals surface area (Å²) in [4.78, 5) is 2.22. The molecule has 0 spiro atoms. The third-order valence-electron chi connectivity index (χ3n) is 3.85. The van der Waals surface area contributed by atoms with Crippen molar-refractivity contribution in [2.24, 2.45) is 5.92 Å². The van der Waals surface area contributed by atoms with E-state index in [1.807, 2.05) is 19.1 Å². The van der Waals surface area contributed by atoms with Crippen molar-refractivity contribution in [3.63, 3.8) is 0 Å². The summed E-state index contributed by atoms with van der Waals surface area (Å²) in [7, 11) is 2.08. The molecule has 1 saturated carbocycles. The topological polar surface area (TPSA) is 43.7 Å². The van der Waals surface area contributed by atoms with E-state index in [0.29, 0.717) is 5.92 Å². The number of aliphatic hydroxyl groups is 2. The van der Waals surface area contributed by atoms with Gasteiger partial charge < -0.3 is 15.1 Å². The summed E-state index contributed by atoms with van der Waals surface area (Å²) in [6.45, 7) is 2.97. The summed E-state index contributed by atoms with van der Waals surface area (Å²) in [5.74, 6) is 0.617. The van der Waals surface area contributed by atoms with E-state index in [-0.39, 0.29) is 12.2 Å². The molecule has 1 aliphatic carbocycles. The molecule has 2 N–H and O–H groups in total. The zero-order chi connectivity index (χ0) is 13.1. The summed E-state index contributed by atoms with van der Waals surface area (Å²) >= 11 is 0. The summed E-state index contributed by atoms with van der Waals surface area (Å²) in [5, 5.41) is 19.0. The molecule has 0 radical (unpaired) electrons. The normalized spacial score (nSPS) is 24.4.